The minimum absolute atomic E-state index is 0.0471. The third-order valence-corrected chi connectivity index (χ3v) is 4.97. The van der Waals surface area contributed by atoms with E-state index in [2.05, 4.69) is 36.6 Å². The fraction of sp³-hybridized carbons (Fsp3) is 0.375. The molecule has 1 aromatic carbocycles. The Hall–Kier alpha value is -1.12. The molecule has 0 saturated carbocycles. The lowest BCUT2D eigenvalue weighted by molar-refractivity contribution is 0.870. The quantitative estimate of drug-likeness (QED) is 0.888. The van der Waals surface area contributed by atoms with Gasteiger partial charge in [-0.1, -0.05) is 25.1 Å². The summed E-state index contributed by atoms with van der Waals surface area (Å²) in [5.74, 6) is 0. The van der Waals surface area contributed by atoms with Gasteiger partial charge in [-0.2, -0.15) is 0 Å². The first-order valence-electron chi connectivity index (χ1n) is 6.73. The van der Waals surface area contributed by atoms with Crippen LogP contribution in [0.2, 0.25) is 0 Å². The van der Waals surface area contributed by atoms with Gasteiger partial charge >= 0.3 is 0 Å². The summed E-state index contributed by atoms with van der Waals surface area (Å²) in [6, 6.07) is 9.07. The van der Waals surface area contributed by atoms with Crippen LogP contribution in [0.25, 0.3) is 0 Å². The lowest BCUT2D eigenvalue weighted by Gasteiger charge is -2.14. The van der Waals surface area contributed by atoms with E-state index in [1.165, 1.54) is 46.4 Å². The molecule has 1 heterocycles. The van der Waals surface area contributed by atoms with Crippen molar-refractivity contribution in [2.75, 3.05) is 0 Å². The van der Waals surface area contributed by atoms with Crippen LogP contribution in [0.15, 0.2) is 29.6 Å². The highest BCUT2D eigenvalue weighted by Crippen LogP contribution is 2.31. The molecule has 94 valence electrons. The molecular formula is C16H19NS. The van der Waals surface area contributed by atoms with E-state index in [0.29, 0.717) is 0 Å². The Labute approximate surface area is 113 Å². The third-order valence-electron chi connectivity index (χ3n) is 3.93. The molecule has 2 N–H and O–H groups in total. The van der Waals surface area contributed by atoms with Crippen molar-refractivity contribution in [1.29, 1.82) is 0 Å². The molecule has 1 unspecified atom stereocenters. The average Bonchev–Trinajstić information content (AvgIpc) is 3.05. The normalized spacial score (nSPS) is 15.7. The summed E-state index contributed by atoms with van der Waals surface area (Å²) in [7, 11) is 0. The zero-order valence-corrected chi connectivity index (χ0v) is 11.6. The Balaban J connectivity index is 1.95. The number of thiophene rings is 1. The molecule has 0 spiro atoms. The van der Waals surface area contributed by atoms with E-state index in [0.717, 1.165) is 6.42 Å². The van der Waals surface area contributed by atoms with Crippen LogP contribution in [0, 0.1) is 0 Å². The molecule has 0 saturated heterocycles. The first kappa shape index (κ1) is 11.9. The van der Waals surface area contributed by atoms with Crippen molar-refractivity contribution < 1.29 is 0 Å². The Morgan fingerprint density at radius 1 is 1.22 bits per heavy atom. The summed E-state index contributed by atoms with van der Waals surface area (Å²) in [4.78, 5) is 1.33. The first-order chi connectivity index (χ1) is 8.79. The van der Waals surface area contributed by atoms with E-state index in [1.54, 1.807) is 11.3 Å². The van der Waals surface area contributed by atoms with Gasteiger partial charge in [0.05, 0.1) is 6.04 Å². The summed E-state index contributed by atoms with van der Waals surface area (Å²) in [5, 5.41) is 2.15. The van der Waals surface area contributed by atoms with Crippen LogP contribution in [-0.4, -0.2) is 0 Å². The van der Waals surface area contributed by atoms with Crippen molar-refractivity contribution in [3.63, 3.8) is 0 Å². The van der Waals surface area contributed by atoms with Gasteiger partial charge in [0.15, 0.2) is 0 Å². The largest absolute Gasteiger partial charge is 0.320 e. The van der Waals surface area contributed by atoms with Crippen LogP contribution < -0.4 is 5.73 Å². The minimum atomic E-state index is 0.0471. The fourth-order valence-corrected chi connectivity index (χ4v) is 3.87. The van der Waals surface area contributed by atoms with Gasteiger partial charge in [-0.15, -0.1) is 11.3 Å². The standard InChI is InChI=1S/C16H19NS/c1-2-11-8-9-18-16(11)15(17)14-7-6-12-4-3-5-13(12)10-14/h6-10,15H,2-5,17H2,1H3. The van der Waals surface area contributed by atoms with Gasteiger partial charge in [-0.25, -0.2) is 0 Å². The Kier molecular flexibility index (Phi) is 3.23. The molecule has 0 radical (unpaired) electrons. The van der Waals surface area contributed by atoms with E-state index in [9.17, 15) is 0 Å². The molecule has 18 heavy (non-hydrogen) atoms. The van der Waals surface area contributed by atoms with Crippen LogP contribution in [0.4, 0.5) is 0 Å². The molecule has 1 nitrogen and oxygen atoms in total. The van der Waals surface area contributed by atoms with Gasteiger partial charge in [0.1, 0.15) is 0 Å². The molecule has 0 aliphatic heterocycles. The molecule has 0 amide bonds. The second-order valence-electron chi connectivity index (χ2n) is 5.02. The molecule has 1 atom stereocenters. The topological polar surface area (TPSA) is 26.0 Å². The number of rotatable bonds is 3. The van der Waals surface area contributed by atoms with Crippen molar-refractivity contribution in [2.45, 2.75) is 38.6 Å². The van der Waals surface area contributed by atoms with E-state index in [1.807, 2.05) is 0 Å². The van der Waals surface area contributed by atoms with E-state index in [4.69, 9.17) is 5.73 Å². The Morgan fingerprint density at radius 3 is 2.89 bits per heavy atom. The highest BCUT2D eigenvalue weighted by molar-refractivity contribution is 7.10. The number of hydrogen-bond donors (Lipinski definition) is 1. The molecule has 1 aromatic heterocycles. The van der Waals surface area contributed by atoms with E-state index >= 15 is 0 Å². The molecule has 1 aliphatic rings. The second kappa shape index (κ2) is 4.87. The third kappa shape index (κ3) is 2.00. The van der Waals surface area contributed by atoms with E-state index < -0.39 is 0 Å². The molecule has 2 aromatic rings. The van der Waals surface area contributed by atoms with Gasteiger partial charge in [0, 0.05) is 4.88 Å². The van der Waals surface area contributed by atoms with Crippen molar-refractivity contribution in [3.8, 4) is 0 Å². The van der Waals surface area contributed by atoms with E-state index in [-0.39, 0.29) is 6.04 Å². The van der Waals surface area contributed by atoms with Crippen LogP contribution in [0.5, 0.6) is 0 Å². The fourth-order valence-electron chi connectivity index (χ4n) is 2.85. The predicted molar refractivity (Wildman–Crippen MR) is 78.2 cm³/mol. The number of fused-ring (bicyclic) bond motifs is 1. The summed E-state index contributed by atoms with van der Waals surface area (Å²) >= 11 is 1.79. The zero-order valence-electron chi connectivity index (χ0n) is 10.8. The smallest absolute Gasteiger partial charge is 0.0648 e. The van der Waals surface area contributed by atoms with Crippen LogP contribution in [0.1, 0.15) is 46.5 Å². The number of aryl methyl sites for hydroxylation is 3. The van der Waals surface area contributed by atoms with Gasteiger partial charge in [0.25, 0.3) is 0 Å². The van der Waals surface area contributed by atoms with Crippen LogP contribution >= 0.6 is 11.3 Å². The first-order valence-corrected chi connectivity index (χ1v) is 7.61. The van der Waals surface area contributed by atoms with Crippen molar-refractivity contribution in [2.24, 2.45) is 5.73 Å². The van der Waals surface area contributed by atoms with Gasteiger partial charge in [0.2, 0.25) is 0 Å². The second-order valence-corrected chi connectivity index (χ2v) is 5.97. The molecule has 3 rings (SSSR count). The van der Waals surface area contributed by atoms with Gasteiger partial charge in [-0.3, -0.25) is 0 Å². The van der Waals surface area contributed by atoms with Crippen molar-refractivity contribution in [3.05, 3.63) is 56.8 Å². The summed E-state index contributed by atoms with van der Waals surface area (Å²) in [6.45, 7) is 2.20. The van der Waals surface area contributed by atoms with Gasteiger partial charge in [-0.05, 0) is 59.4 Å². The Bertz CT molecular complexity index is 556. The summed E-state index contributed by atoms with van der Waals surface area (Å²) in [5.41, 5.74) is 12.1. The maximum Gasteiger partial charge on any atom is 0.0648 e. The highest BCUT2D eigenvalue weighted by atomic mass is 32.1. The summed E-state index contributed by atoms with van der Waals surface area (Å²) < 4.78 is 0. The molecule has 1 aliphatic carbocycles. The number of benzene rings is 1. The monoisotopic (exact) mass is 257 g/mol. The number of hydrogen-bond acceptors (Lipinski definition) is 2. The number of nitrogens with two attached hydrogens (primary N) is 1. The Morgan fingerprint density at radius 2 is 2.06 bits per heavy atom. The predicted octanol–water partition coefficient (Wildman–Crippen LogP) is 3.85. The van der Waals surface area contributed by atoms with Crippen molar-refractivity contribution in [1.82, 2.24) is 0 Å². The highest BCUT2D eigenvalue weighted by Gasteiger charge is 2.17. The van der Waals surface area contributed by atoms with Crippen molar-refractivity contribution >= 4 is 11.3 Å². The maximum atomic E-state index is 6.44. The molecule has 0 fully saturated rings. The van der Waals surface area contributed by atoms with Crippen LogP contribution in [-0.2, 0) is 19.3 Å². The lowest BCUT2D eigenvalue weighted by atomic mass is 9.98. The maximum absolute atomic E-state index is 6.44. The summed E-state index contributed by atoms with van der Waals surface area (Å²) in [6.07, 6.45) is 4.83. The van der Waals surface area contributed by atoms with Crippen LogP contribution in [0.3, 0.4) is 0 Å². The van der Waals surface area contributed by atoms with Gasteiger partial charge < -0.3 is 5.73 Å². The molecular weight excluding hydrogens is 238 g/mol. The lowest BCUT2D eigenvalue weighted by Crippen LogP contribution is -2.12. The average molecular weight is 257 g/mol. The molecule has 2 heteroatoms. The zero-order chi connectivity index (χ0) is 12.5. The minimum Gasteiger partial charge on any atom is -0.320 e. The SMILES string of the molecule is CCc1ccsc1C(N)c1ccc2c(c1)CCC2. The molecule has 0 bridgehead atoms.